The first-order chi connectivity index (χ1) is 10.8. The maximum Gasteiger partial charge on any atom is 0.391 e. The summed E-state index contributed by atoms with van der Waals surface area (Å²) in [6.07, 6.45) is -3.93. The molecule has 0 bridgehead atoms. The monoisotopic (exact) mass is 325 g/mol. The van der Waals surface area contributed by atoms with Crippen LogP contribution < -0.4 is 10.6 Å². The van der Waals surface area contributed by atoms with Crippen molar-refractivity contribution >= 4 is 11.6 Å². The predicted molar refractivity (Wildman–Crippen MR) is 81.8 cm³/mol. The van der Waals surface area contributed by atoms with Gasteiger partial charge in [0.15, 0.2) is 5.82 Å². The van der Waals surface area contributed by atoms with Gasteiger partial charge >= 0.3 is 6.18 Å². The van der Waals surface area contributed by atoms with E-state index in [-0.39, 0.29) is 12.8 Å². The Bertz CT molecular complexity index is 669. The standard InChI is InChI=1S/C15H18F3N5/c1-22-14(23-8-6-11(7-9-23)15(16,17)18)20-13(21-22)10-2-4-12(19)5-3-10/h2-5,11H,6-9,19H2,1H3. The summed E-state index contributed by atoms with van der Waals surface area (Å²) < 4.78 is 39.8. The van der Waals surface area contributed by atoms with Crippen LogP contribution in [0.5, 0.6) is 0 Å². The minimum atomic E-state index is -4.11. The number of aromatic nitrogens is 3. The molecule has 8 heteroatoms. The van der Waals surface area contributed by atoms with Gasteiger partial charge in [0.25, 0.3) is 0 Å². The molecule has 0 saturated carbocycles. The van der Waals surface area contributed by atoms with Crippen LogP contribution in [0.3, 0.4) is 0 Å². The third-order valence-electron chi connectivity index (χ3n) is 4.15. The van der Waals surface area contributed by atoms with Crippen molar-refractivity contribution in [2.24, 2.45) is 13.0 Å². The first-order valence-electron chi connectivity index (χ1n) is 7.43. The van der Waals surface area contributed by atoms with Gasteiger partial charge in [-0.3, -0.25) is 0 Å². The van der Waals surface area contributed by atoms with Gasteiger partial charge in [0.05, 0.1) is 5.92 Å². The zero-order valence-electron chi connectivity index (χ0n) is 12.7. The number of piperidine rings is 1. The number of hydrogen-bond donors (Lipinski definition) is 1. The molecule has 0 amide bonds. The third kappa shape index (κ3) is 3.25. The number of benzene rings is 1. The second kappa shape index (κ2) is 5.75. The predicted octanol–water partition coefficient (Wildman–Crippen LogP) is 2.84. The molecule has 23 heavy (non-hydrogen) atoms. The number of halogens is 3. The minimum Gasteiger partial charge on any atom is -0.399 e. The van der Waals surface area contributed by atoms with Crippen molar-refractivity contribution in [3.63, 3.8) is 0 Å². The lowest BCUT2D eigenvalue weighted by Gasteiger charge is -2.33. The van der Waals surface area contributed by atoms with E-state index < -0.39 is 12.1 Å². The summed E-state index contributed by atoms with van der Waals surface area (Å²) >= 11 is 0. The molecule has 1 saturated heterocycles. The van der Waals surface area contributed by atoms with Crippen LogP contribution in [0.1, 0.15) is 12.8 Å². The van der Waals surface area contributed by atoms with E-state index in [4.69, 9.17) is 5.73 Å². The molecule has 1 aliphatic heterocycles. The van der Waals surface area contributed by atoms with Crippen molar-refractivity contribution in [2.75, 3.05) is 23.7 Å². The average molecular weight is 325 g/mol. The summed E-state index contributed by atoms with van der Waals surface area (Å²) in [5.41, 5.74) is 7.14. The molecule has 1 fully saturated rings. The van der Waals surface area contributed by atoms with Crippen LogP contribution in [0.4, 0.5) is 24.8 Å². The molecule has 5 nitrogen and oxygen atoms in total. The quantitative estimate of drug-likeness (QED) is 0.863. The number of hydrogen-bond acceptors (Lipinski definition) is 4. The number of anilines is 2. The Hall–Kier alpha value is -2.25. The minimum absolute atomic E-state index is 0.0908. The Morgan fingerprint density at radius 2 is 1.74 bits per heavy atom. The highest BCUT2D eigenvalue weighted by atomic mass is 19.4. The van der Waals surface area contributed by atoms with Gasteiger partial charge in [0.1, 0.15) is 0 Å². The largest absolute Gasteiger partial charge is 0.399 e. The molecule has 1 aromatic carbocycles. The van der Waals surface area contributed by atoms with Gasteiger partial charge in [-0.15, -0.1) is 5.10 Å². The van der Waals surface area contributed by atoms with Crippen LogP contribution in [0.25, 0.3) is 11.4 Å². The molecule has 1 aliphatic rings. The number of nitrogens with two attached hydrogens (primary N) is 1. The number of rotatable bonds is 2. The lowest BCUT2D eigenvalue weighted by Crippen LogP contribution is -2.40. The Morgan fingerprint density at radius 3 is 2.30 bits per heavy atom. The van der Waals surface area contributed by atoms with E-state index in [2.05, 4.69) is 10.1 Å². The van der Waals surface area contributed by atoms with Crippen molar-refractivity contribution in [2.45, 2.75) is 19.0 Å². The van der Waals surface area contributed by atoms with Crippen LogP contribution in [-0.2, 0) is 7.05 Å². The third-order valence-corrected chi connectivity index (χ3v) is 4.15. The molecular formula is C15H18F3N5. The normalized spacial score (nSPS) is 16.8. The van der Waals surface area contributed by atoms with E-state index in [0.29, 0.717) is 30.5 Å². The summed E-state index contributed by atoms with van der Waals surface area (Å²) in [5, 5.41) is 4.35. The van der Waals surface area contributed by atoms with E-state index >= 15 is 0 Å². The molecular weight excluding hydrogens is 307 g/mol. The molecule has 0 aliphatic carbocycles. The number of alkyl halides is 3. The summed E-state index contributed by atoms with van der Waals surface area (Å²) in [6.45, 7) is 0.662. The number of nitrogen functional groups attached to an aromatic ring is 1. The van der Waals surface area contributed by atoms with E-state index in [9.17, 15) is 13.2 Å². The molecule has 2 N–H and O–H groups in total. The lowest BCUT2D eigenvalue weighted by atomic mass is 9.96. The van der Waals surface area contributed by atoms with E-state index in [1.54, 1.807) is 23.9 Å². The molecule has 1 aromatic heterocycles. The van der Waals surface area contributed by atoms with Crippen LogP contribution in [0, 0.1) is 5.92 Å². The Balaban J connectivity index is 1.76. The second-order valence-corrected chi connectivity index (χ2v) is 5.78. The van der Waals surface area contributed by atoms with Crippen LogP contribution in [-0.4, -0.2) is 34.0 Å². The van der Waals surface area contributed by atoms with Gasteiger partial charge in [-0.05, 0) is 37.1 Å². The summed E-state index contributed by atoms with van der Waals surface area (Å²) in [4.78, 5) is 6.33. The molecule has 0 spiro atoms. The molecule has 2 aromatic rings. The first kappa shape index (κ1) is 15.6. The van der Waals surface area contributed by atoms with Gasteiger partial charge in [-0.2, -0.15) is 18.2 Å². The topological polar surface area (TPSA) is 60.0 Å². The van der Waals surface area contributed by atoms with Crippen LogP contribution in [0.15, 0.2) is 24.3 Å². The fourth-order valence-corrected chi connectivity index (χ4v) is 2.81. The number of aryl methyl sites for hydroxylation is 1. The fraction of sp³-hybridized carbons (Fsp3) is 0.467. The van der Waals surface area contributed by atoms with Crippen LogP contribution >= 0.6 is 0 Å². The van der Waals surface area contributed by atoms with E-state index in [0.717, 1.165) is 5.56 Å². The molecule has 0 unspecified atom stereocenters. The smallest absolute Gasteiger partial charge is 0.391 e. The highest BCUT2D eigenvalue weighted by molar-refractivity contribution is 5.59. The summed E-state index contributed by atoms with van der Waals surface area (Å²) in [7, 11) is 1.75. The van der Waals surface area contributed by atoms with Crippen molar-refractivity contribution in [3.8, 4) is 11.4 Å². The highest BCUT2D eigenvalue weighted by Gasteiger charge is 2.41. The van der Waals surface area contributed by atoms with Crippen molar-refractivity contribution in [1.29, 1.82) is 0 Å². The lowest BCUT2D eigenvalue weighted by molar-refractivity contribution is -0.179. The van der Waals surface area contributed by atoms with Crippen molar-refractivity contribution in [1.82, 2.24) is 14.8 Å². The van der Waals surface area contributed by atoms with Gasteiger partial charge in [-0.1, -0.05) is 0 Å². The van der Waals surface area contributed by atoms with Gasteiger partial charge in [0, 0.05) is 31.4 Å². The van der Waals surface area contributed by atoms with Gasteiger partial charge < -0.3 is 10.6 Å². The summed E-state index contributed by atoms with van der Waals surface area (Å²) in [6, 6.07) is 7.18. The fourth-order valence-electron chi connectivity index (χ4n) is 2.81. The Morgan fingerprint density at radius 1 is 1.13 bits per heavy atom. The molecule has 3 rings (SSSR count). The maximum absolute atomic E-state index is 12.7. The number of nitrogens with zero attached hydrogens (tertiary/aromatic N) is 4. The zero-order chi connectivity index (χ0) is 16.6. The van der Waals surface area contributed by atoms with E-state index in [1.165, 1.54) is 0 Å². The maximum atomic E-state index is 12.7. The van der Waals surface area contributed by atoms with Crippen molar-refractivity contribution < 1.29 is 13.2 Å². The van der Waals surface area contributed by atoms with Gasteiger partial charge in [-0.25, -0.2) is 4.68 Å². The Kier molecular flexibility index (Phi) is 3.91. The molecule has 0 atom stereocenters. The van der Waals surface area contributed by atoms with E-state index in [1.807, 2.05) is 17.0 Å². The average Bonchev–Trinajstić information content (AvgIpc) is 2.89. The second-order valence-electron chi connectivity index (χ2n) is 5.78. The van der Waals surface area contributed by atoms with Crippen molar-refractivity contribution in [3.05, 3.63) is 24.3 Å². The Labute approximate surface area is 131 Å². The summed E-state index contributed by atoms with van der Waals surface area (Å²) in [5.74, 6) is -0.0820. The van der Waals surface area contributed by atoms with Crippen LogP contribution in [0.2, 0.25) is 0 Å². The molecule has 124 valence electrons. The SMILES string of the molecule is Cn1nc(-c2ccc(N)cc2)nc1N1CCC(C(F)(F)F)CC1. The van der Waals surface area contributed by atoms with Gasteiger partial charge in [0.2, 0.25) is 5.95 Å². The highest BCUT2D eigenvalue weighted by Crippen LogP contribution is 2.35. The molecule has 2 heterocycles. The molecule has 0 radical (unpaired) electrons. The zero-order valence-corrected chi connectivity index (χ0v) is 12.7. The first-order valence-corrected chi connectivity index (χ1v) is 7.43.